The zero-order valence-corrected chi connectivity index (χ0v) is 13.2. The second-order valence-electron chi connectivity index (χ2n) is 5.59. The fourth-order valence-electron chi connectivity index (χ4n) is 2.63. The van der Waals surface area contributed by atoms with Crippen LogP contribution >= 0.6 is 0 Å². The van der Waals surface area contributed by atoms with E-state index < -0.39 is 10.0 Å². The van der Waals surface area contributed by atoms with Crippen molar-refractivity contribution in [3.8, 4) is 0 Å². The van der Waals surface area contributed by atoms with Crippen molar-refractivity contribution in [2.45, 2.75) is 30.8 Å². The predicted molar refractivity (Wildman–Crippen MR) is 83.7 cm³/mol. The molecule has 6 nitrogen and oxygen atoms in total. The van der Waals surface area contributed by atoms with E-state index >= 15 is 0 Å². The number of anilines is 2. The number of benzene rings is 1. The van der Waals surface area contributed by atoms with Crippen molar-refractivity contribution in [3.63, 3.8) is 0 Å². The first-order valence-corrected chi connectivity index (χ1v) is 8.60. The quantitative estimate of drug-likeness (QED) is 0.674. The molecule has 1 saturated carbocycles. The van der Waals surface area contributed by atoms with Gasteiger partial charge in [0.05, 0.1) is 22.4 Å². The molecule has 118 valence electrons. The van der Waals surface area contributed by atoms with Crippen LogP contribution in [-0.4, -0.2) is 39.8 Å². The molecule has 1 fully saturated rings. The lowest BCUT2D eigenvalue weighted by Crippen LogP contribution is -2.37. The van der Waals surface area contributed by atoms with E-state index in [0.29, 0.717) is 23.8 Å². The van der Waals surface area contributed by atoms with Crippen molar-refractivity contribution in [1.29, 1.82) is 0 Å². The van der Waals surface area contributed by atoms with Gasteiger partial charge < -0.3 is 15.7 Å². The molecule has 0 saturated heterocycles. The molecule has 1 aromatic rings. The fourth-order valence-corrected chi connectivity index (χ4v) is 3.69. The summed E-state index contributed by atoms with van der Waals surface area (Å²) in [5, 5.41) is 9.34. The Bertz CT molecular complexity index is 597. The van der Waals surface area contributed by atoms with E-state index in [9.17, 15) is 13.5 Å². The highest BCUT2D eigenvalue weighted by Crippen LogP contribution is 2.31. The SMILES string of the molecule is CCNS(=O)(=O)c1ccc(N)c(N(C)CC2CC(O)C2)c1. The first-order chi connectivity index (χ1) is 9.83. The third-order valence-corrected chi connectivity index (χ3v) is 5.34. The van der Waals surface area contributed by atoms with Crippen LogP contribution in [0.4, 0.5) is 11.4 Å². The summed E-state index contributed by atoms with van der Waals surface area (Å²) in [6.07, 6.45) is 1.39. The van der Waals surface area contributed by atoms with Gasteiger partial charge in [-0.1, -0.05) is 6.92 Å². The van der Waals surface area contributed by atoms with Gasteiger partial charge in [0.2, 0.25) is 10.0 Å². The van der Waals surface area contributed by atoms with Crippen LogP contribution in [0, 0.1) is 5.92 Å². The molecular formula is C14H23N3O3S. The molecule has 0 radical (unpaired) electrons. The normalized spacial score (nSPS) is 21.9. The van der Waals surface area contributed by atoms with Gasteiger partial charge in [0.1, 0.15) is 0 Å². The Morgan fingerprint density at radius 1 is 1.43 bits per heavy atom. The van der Waals surface area contributed by atoms with Gasteiger partial charge in [-0.05, 0) is 37.0 Å². The minimum absolute atomic E-state index is 0.193. The van der Waals surface area contributed by atoms with Crippen molar-refractivity contribution in [3.05, 3.63) is 18.2 Å². The van der Waals surface area contributed by atoms with Gasteiger partial charge in [0, 0.05) is 20.1 Å². The topological polar surface area (TPSA) is 95.7 Å². The summed E-state index contributed by atoms with van der Waals surface area (Å²) in [6, 6.07) is 4.73. The predicted octanol–water partition coefficient (Wildman–Crippen LogP) is 0.774. The number of nitrogens with two attached hydrogens (primary N) is 1. The second kappa shape index (κ2) is 6.21. The number of nitrogen functional groups attached to an aromatic ring is 1. The zero-order valence-electron chi connectivity index (χ0n) is 12.4. The monoisotopic (exact) mass is 313 g/mol. The Balaban J connectivity index is 2.18. The number of rotatable bonds is 6. The maximum absolute atomic E-state index is 12.0. The minimum atomic E-state index is -3.48. The lowest BCUT2D eigenvalue weighted by Gasteiger charge is -2.35. The van der Waals surface area contributed by atoms with Crippen LogP contribution in [0.3, 0.4) is 0 Å². The van der Waals surface area contributed by atoms with Gasteiger partial charge in [0.25, 0.3) is 0 Å². The standard InChI is InChI=1S/C14H23N3O3S/c1-3-16-21(19,20)12-4-5-13(15)14(8-12)17(2)9-10-6-11(18)7-10/h4-5,8,10-11,16,18H,3,6-7,9,15H2,1-2H3. The smallest absolute Gasteiger partial charge is 0.240 e. The molecule has 0 amide bonds. The summed E-state index contributed by atoms with van der Waals surface area (Å²) in [7, 11) is -1.60. The molecule has 0 aromatic heterocycles. The van der Waals surface area contributed by atoms with Crippen LogP contribution in [0.2, 0.25) is 0 Å². The fraction of sp³-hybridized carbons (Fsp3) is 0.571. The highest BCUT2D eigenvalue weighted by atomic mass is 32.2. The van der Waals surface area contributed by atoms with Crippen LogP contribution < -0.4 is 15.4 Å². The van der Waals surface area contributed by atoms with Crippen LogP contribution in [0.1, 0.15) is 19.8 Å². The number of hydrogen-bond donors (Lipinski definition) is 3. The van der Waals surface area contributed by atoms with Crippen molar-refractivity contribution < 1.29 is 13.5 Å². The van der Waals surface area contributed by atoms with Gasteiger partial charge in [-0.2, -0.15) is 0 Å². The average Bonchev–Trinajstić information content (AvgIpc) is 2.37. The molecule has 0 aliphatic heterocycles. The van der Waals surface area contributed by atoms with E-state index in [0.717, 1.165) is 19.4 Å². The number of nitrogens with one attached hydrogen (secondary N) is 1. The van der Waals surface area contributed by atoms with Crippen LogP contribution in [0.15, 0.2) is 23.1 Å². The summed E-state index contributed by atoms with van der Waals surface area (Å²) >= 11 is 0. The average molecular weight is 313 g/mol. The van der Waals surface area contributed by atoms with Crippen LogP contribution in [0.5, 0.6) is 0 Å². The number of sulfonamides is 1. The van der Waals surface area contributed by atoms with Crippen molar-refractivity contribution in [1.82, 2.24) is 4.72 Å². The summed E-state index contributed by atoms with van der Waals surface area (Å²) in [5.41, 5.74) is 7.22. The molecule has 2 rings (SSSR count). The molecule has 0 atom stereocenters. The first kappa shape index (κ1) is 16.1. The lowest BCUT2D eigenvalue weighted by molar-refractivity contribution is 0.0465. The molecule has 1 aliphatic rings. The number of aliphatic hydroxyl groups excluding tert-OH is 1. The van der Waals surface area contributed by atoms with Crippen LogP contribution in [0.25, 0.3) is 0 Å². The maximum atomic E-state index is 12.0. The Kier molecular flexibility index (Phi) is 4.75. The Morgan fingerprint density at radius 3 is 2.67 bits per heavy atom. The van der Waals surface area contributed by atoms with Crippen LogP contribution in [-0.2, 0) is 10.0 Å². The molecule has 4 N–H and O–H groups in total. The maximum Gasteiger partial charge on any atom is 0.240 e. The molecule has 7 heteroatoms. The Labute approximate surface area is 126 Å². The van der Waals surface area contributed by atoms with E-state index in [1.165, 1.54) is 6.07 Å². The van der Waals surface area contributed by atoms with Gasteiger partial charge in [-0.15, -0.1) is 0 Å². The van der Waals surface area contributed by atoms with E-state index in [-0.39, 0.29) is 11.0 Å². The van der Waals surface area contributed by atoms with E-state index in [4.69, 9.17) is 5.73 Å². The number of aliphatic hydroxyl groups is 1. The number of nitrogens with zero attached hydrogens (tertiary/aromatic N) is 1. The molecule has 1 aromatic carbocycles. The molecule has 0 unspecified atom stereocenters. The zero-order chi connectivity index (χ0) is 15.6. The summed E-state index contributed by atoms with van der Waals surface area (Å²) in [5.74, 6) is 0.429. The lowest BCUT2D eigenvalue weighted by atomic mass is 9.82. The summed E-state index contributed by atoms with van der Waals surface area (Å²) < 4.78 is 26.6. The van der Waals surface area contributed by atoms with Crippen molar-refractivity contribution >= 4 is 21.4 Å². The largest absolute Gasteiger partial charge is 0.397 e. The molecule has 0 heterocycles. The third-order valence-electron chi connectivity index (χ3n) is 3.80. The molecule has 21 heavy (non-hydrogen) atoms. The number of hydrogen-bond acceptors (Lipinski definition) is 5. The molecule has 1 aliphatic carbocycles. The van der Waals surface area contributed by atoms with E-state index in [1.807, 2.05) is 11.9 Å². The molecule has 0 bridgehead atoms. The third kappa shape index (κ3) is 3.66. The minimum Gasteiger partial charge on any atom is -0.397 e. The van der Waals surface area contributed by atoms with Crippen molar-refractivity contribution in [2.75, 3.05) is 30.8 Å². The Morgan fingerprint density at radius 2 is 2.10 bits per heavy atom. The Hall–Kier alpha value is -1.31. The molecular weight excluding hydrogens is 290 g/mol. The summed E-state index contributed by atoms with van der Waals surface area (Å²) in [6.45, 7) is 2.84. The highest BCUT2D eigenvalue weighted by Gasteiger charge is 2.28. The van der Waals surface area contributed by atoms with E-state index in [2.05, 4.69) is 4.72 Å². The highest BCUT2D eigenvalue weighted by molar-refractivity contribution is 7.89. The first-order valence-electron chi connectivity index (χ1n) is 7.12. The van der Waals surface area contributed by atoms with Gasteiger partial charge >= 0.3 is 0 Å². The van der Waals surface area contributed by atoms with Gasteiger partial charge in [0.15, 0.2) is 0 Å². The van der Waals surface area contributed by atoms with Gasteiger partial charge in [-0.3, -0.25) is 0 Å². The van der Waals surface area contributed by atoms with Crippen molar-refractivity contribution in [2.24, 2.45) is 5.92 Å². The second-order valence-corrected chi connectivity index (χ2v) is 7.36. The molecule has 0 spiro atoms. The van der Waals surface area contributed by atoms with E-state index in [1.54, 1.807) is 19.1 Å². The van der Waals surface area contributed by atoms with Gasteiger partial charge in [-0.25, -0.2) is 13.1 Å². The summed E-state index contributed by atoms with van der Waals surface area (Å²) in [4.78, 5) is 2.17.